The van der Waals surface area contributed by atoms with Gasteiger partial charge in [0.15, 0.2) is 0 Å². The quantitative estimate of drug-likeness (QED) is 0.355. The van der Waals surface area contributed by atoms with Crippen LogP contribution in [0.2, 0.25) is 0 Å². The Morgan fingerprint density at radius 2 is 2.04 bits per heavy atom. The van der Waals surface area contributed by atoms with Gasteiger partial charge in [-0.05, 0) is 0 Å². The van der Waals surface area contributed by atoms with E-state index in [2.05, 4.69) is 46.9 Å². The van der Waals surface area contributed by atoms with Gasteiger partial charge >= 0.3 is 172 Å². The first-order chi connectivity index (χ1) is 13.7. The van der Waals surface area contributed by atoms with E-state index in [4.69, 9.17) is 10.8 Å². The van der Waals surface area contributed by atoms with E-state index in [-0.39, 0.29) is 15.0 Å². The van der Waals surface area contributed by atoms with Crippen molar-refractivity contribution in [2.75, 3.05) is 38.0 Å². The molecule has 1 aliphatic heterocycles. The van der Waals surface area contributed by atoms with Gasteiger partial charge < -0.3 is 0 Å². The predicted octanol–water partition coefficient (Wildman–Crippen LogP) is 1.09. The van der Waals surface area contributed by atoms with Gasteiger partial charge in [-0.15, -0.1) is 0 Å². The molecule has 0 radical (unpaired) electrons. The summed E-state index contributed by atoms with van der Waals surface area (Å²) in [5.74, 6) is 0.320. The number of fused-ring (bicyclic) bond motifs is 2. The summed E-state index contributed by atoms with van der Waals surface area (Å²) in [6.07, 6.45) is 0. The van der Waals surface area contributed by atoms with Crippen LogP contribution in [0.3, 0.4) is 0 Å². The van der Waals surface area contributed by atoms with E-state index in [9.17, 15) is 5.11 Å². The van der Waals surface area contributed by atoms with Crippen LogP contribution in [-0.4, -0.2) is 67.5 Å². The van der Waals surface area contributed by atoms with Crippen molar-refractivity contribution >= 4 is 40.5 Å². The molecular weight excluding hydrogens is 417 g/mol. The zero-order valence-electron chi connectivity index (χ0n) is 16.4. The van der Waals surface area contributed by atoms with Crippen molar-refractivity contribution in [1.82, 2.24) is 14.7 Å². The monoisotopic (exact) mass is 445 g/mol. The average molecular weight is 444 g/mol. The van der Waals surface area contributed by atoms with E-state index in [0.717, 1.165) is 55.2 Å². The number of aromatic hydroxyl groups is 1. The molecule has 28 heavy (non-hydrogen) atoms. The van der Waals surface area contributed by atoms with E-state index >= 15 is 0 Å². The number of rotatable bonds is 8. The van der Waals surface area contributed by atoms with Gasteiger partial charge in [0, 0.05) is 0 Å². The number of nitrogens with two attached hydrogens (primary N) is 1. The van der Waals surface area contributed by atoms with Crippen molar-refractivity contribution in [2.24, 2.45) is 5.73 Å². The number of phenols is 1. The summed E-state index contributed by atoms with van der Waals surface area (Å²) in [5, 5.41) is 20.2. The first kappa shape index (κ1) is 19.3. The van der Waals surface area contributed by atoms with Crippen LogP contribution in [-0.2, 0) is 6.54 Å². The maximum atomic E-state index is 10.6. The minimum absolute atomic E-state index is 0.101. The van der Waals surface area contributed by atoms with E-state index in [1.807, 2.05) is 6.07 Å². The zero-order chi connectivity index (χ0) is 19.7. The summed E-state index contributed by atoms with van der Waals surface area (Å²) in [6.45, 7) is 9.59. The average Bonchev–Trinajstić information content (AvgIpc) is 3.08. The van der Waals surface area contributed by atoms with Crippen LogP contribution in [0.25, 0.3) is 22.2 Å². The third-order valence-corrected chi connectivity index (χ3v) is 7.80. The van der Waals surface area contributed by atoms with Crippen LogP contribution in [0.15, 0.2) is 30.3 Å². The number of hydrogen-bond acceptors (Lipinski definition) is 5. The Labute approximate surface area is 171 Å². The Bertz CT molecular complexity index is 996. The molecule has 0 spiro atoms. The van der Waals surface area contributed by atoms with E-state index < -0.39 is 0 Å². The molecule has 148 valence electrons. The van der Waals surface area contributed by atoms with Crippen molar-refractivity contribution in [3.8, 4) is 17.0 Å². The van der Waals surface area contributed by atoms with Crippen LogP contribution >= 0.6 is 0 Å². The molecule has 2 aromatic carbocycles. The topological polar surface area (TPSA) is 79.3 Å². The molecule has 0 saturated carbocycles. The van der Waals surface area contributed by atoms with Gasteiger partial charge in [-0.25, -0.2) is 0 Å². The Morgan fingerprint density at radius 1 is 1.21 bits per heavy atom. The fourth-order valence-corrected chi connectivity index (χ4v) is 6.33. The molecule has 0 unspecified atom stereocenters. The Kier molecular flexibility index (Phi) is 5.60. The summed E-state index contributed by atoms with van der Waals surface area (Å²) in [4.78, 5) is 2.40. The summed E-state index contributed by atoms with van der Waals surface area (Å²) in [5.41, 5.74) is 9.79. The third kappa shape index (κ3) is 3.29. The SMILES string of the molecule is CCN(CC)CCn1nc2c3c(c(NCCN)ccc31)[Se]c1cccc(O)c1-2. The van der Waals surface area contributed by atoms with Gasteiger partial charge in [-0.1, -0.05) is 0 Å². The molecule has 0 fully saturated rings. The molecule has 0 saturated heterocycles. The van der Waals surface area contributed by atoms with E-state index in [1.54, 1.807) is 6.07 Å². The van der Waals surface area contributed by atoms with Gasteiger partial charge in [0.25, 0.3) is 0 Å². The molecule has 4 rings (SSSR count). The molecule has 1 aromatic heterocycles. The fraction of sp³-hybridized carbons (Fsp3) is 0.381. The molecule has 2 heterocycles. The maximum absolute atomic E-state index is 10.6. The zero-order valence-corrected chi connectivity index (χ0v) is 18.1. The molecule has 0 bridgehead atoms. The molecule has 3 aromatic rings. The minimum atomic E-state index is 0.101. The number of likely N-dealkylation sites (N-methyl/N-ethyl adjacent to an activating group) is 1. The van der Waals surface area contributed by atoms with Crippen molar-refractivity contribution in [2.45, 2.75) is 20.4 Å². The van der Waals surface area contributed by atoms with E-state index in [0.29, 0.717) is 12.3 Å². The van der Waals surface area contributed by atoms with Crippen LogP contribution in [0.4, 0.5) is 5.69 Å². The normalized spacial score (nSPS) is 12.6. The molecule has 0 aliphatic carbocycles. The standard InChI is InChI=1S/C21H27N5OSe/c1-3-25(4-2)12-13-26-15-9-8-14(23-11-10-22)21-18(15)20(24-26)19-16(27)6-5-7-17(19)28-21/h5-9,23,27H,3-4,10-13,22H2,1-2H3. The molecule has 7 heteroatoms. The number of nitrogens with zero attached hydrogens (tertiary/aromatic N) is 3. The number of phenolic OH excluding ortho intramolecular Hbond substituents is 1. The van der Waals surface area contributed by atoms with Gasteiger partial charge in [-0.2, -0.15) is 0 Å². The molecular formula is C21H27N5OSe. The second-order valence-corrected chi connectivity index (χ2v) is 9.11. The van der Waals surface area contributed by atoms with Gasteiger partial charge in [0.2, 0.25) is 0 Å². The van der Waals surface area contributed by atoms with Crippen LogP contribution < -0.4 is 20.0 Å². The van der Waals surface area contributed by atoms with Crippen molar-refractivity contribution in [3.63, 3.8) is 0 Å². The Morgan fingerprint density at radius 3 is 2.79 bits per heavy atom. The number of benzene rings is 2. The number of anilines is 1. The van der Waals surface area contributed by atoms with Crippen molar-refractivity contribution in [3.05, 3.63) is 30.3 Å². The molecule has 1 aliphatic rings. The Balaban J connectivity index is 1.85. The van der Waals surface area contributed by atoms with Gasteiger partial charge in [0.1, 0.15) is 0 Å². The van der Waals surface area contributed by atoms with Crippen LogP contribution in [0.5, 0.6) is 5.75 Å². The second kappa shape index (κ2) is 8.13. The molecule has 4 N–H and O–H groups in total. The van der Waals surface area contributed by atoms with E-state index in [1.165, 1.54) is 14.3 Å². The summed E-state index contributed by atoms with van der Waals surface area (Å²) in [6, 6.07) is 10.1. The molecule has 6 nitrogen and oxygen atoms in total. The summed E-state index contributed by atoms with van der Waals surface area (Å²) in [7, 11) is 0. The number of aromatic nitrogens is 2. The van der Waals surface area contributed by atoms with Crippen LogP contribution in [0, 0.1) is 0 Å². The van der Waals surface area contributed by atoms with Crippen molar-refractivity contribution in [1.29, 1.82) is 0 Å². The third-order valence-electron chi connectivity index (χ3n) is 5.31. The summed E-state index contributed by atoms with van der Waals surface area (Å²) < 4.78 is 4.59. The first-order valence-electron chi connectivity index (χ1n) is 9.87. The second-order valence-electron chi connectivity index (χ2n) is 6.90. The first-order valence-corrected chi connectivity index (χ1v) is 11.6. The van der Waals surface area contributed by atoms with Gasteiger partial charge in [0.05, 0.1) is 0 Å². The molecule has 0 atom stereocenters. The molecule has 0 amide bonds. The van der Waals surface area contributed by atoms with Crippen LogP contribution in [0.1, 0.15) is 13.8 Å². The predicted molar refractivity (Wildman–Crippen MR) is 117 cm³/mol. The summed E-state index contributed by atoms with van der Waals surface area (Å²) >= 11 is 0.101. The van der Waals surface area contributed by atoms with Gasteiger partial charge in [-0.3, -0.25) is 0 Å². The number of hydrogen-bond donors (Lipinski definition) is 3. The number of nitrogens with one attached hydrogen (secondary N) is 1. The van der Waals surface area contributed by atoms with Crippen molar-refractivity contribution < 1.29 is 5.11 Å². The Hall–Kier alpha value is -2.05. The fourth-order valence-electron chi connectivity index (χ4n) is 3.77.